The molecule has 0 spiro atoms. The van der Waals surface area contributed by atoms with Gasteiger partial charge in [0.2, 0.25) is 0 Å². The summed E-state index contributed by atoms with van der Waals surface area (Å²) in [7, 11) is -4.51. The highest BCUT2D eigenvalue weighted by molar-refractivity contribution is 6.61. The van der Waals surface area contributed by atoms with E-state index in [0.29, 0.717) is 0 Å². The molecule has 1 amide bonds. The third-order valence-corrected chi connectivity index (χ3v) is 3.90. The van der Waals surface area contributed by atoms with Gasteiger partial charge in [-0.1, -0.05) is 32.0 Å². The smallest absolute Gasteiger partial charge is 0.639 e. The van der Waals surface area contributed by atoms with Crippen LogP contribution in [-0.2, 0) is 9.45 Å². The molecule has 1 aromatic rings. The van der Waals surface area contributed by atoms with Gasteiger partial charge in [0.1, 0.15) is 5.84 Å². The van der Waals surface area contributed by atoms with Gasteiger partial charge in [-0.15, -0.1) is 0 Å². The summed E-state index contributed by atoms with van der Waals surface area (Å²) in [5, 5.41) is 2.34. The van der Waals surface area contributed by atoms with Gasteiger partial charge in [-0.05, 0) is 17.5 Å². The number of carbonyl (C=O) groups is 2. The van der Waals surface area contributed by atoms with Gasteiger partial charge in [0, 0.05) is 18.4 Å². The van der Waals surface area contributed by atoms with Gasteiger partial charge >= 0.3 is 7.04 Å². The first kappa shape index (κ1) is 16.4. The van der Waals surface area contributed by atoms with Crippen molar-refractivity contribution in [3.8, 4) is 0 Å². The summed E-state index contributed by atoms with van der Waals surface area (Å²) in [6.07, 6.45) is 0.361. The Balaban J connectivity index is 1.96. The zero-order valence-corrected chi connectivity index (χ0v) is 13.3. The standard InChI is InChI=1S/C16H16BF2N2O3/c1-16(2)8-11(22)13-12(9-16)24-17(18,19)21-14(13)20-15(23)10-6-4-3-5-7-10/h3-7H,8-9H2,1-2H3,(H,20,21,23)/q-1. The van der Waals surface area contributed by atoms with Crippen LogP contribution in [0, 0.1) is 5.41 Å². The highest BCUT2D eigenvalue weighted by atomic mass is 19.3. The molecular weight excluding hydrogens is 317 g/mol. The molecule has 0 bridgehead atoms. The van der Waals surface area contributed by atoms with E-state index in [1.165, 1.54) is 0 Å². The predicted molar refractivity (Wildman–Crippen MR) is 85.4 cm³/mol. The summed E-state index contributed by atoms with van der Waals surface area (Å²) in [5.74, 6) is -1.47. The number of hydrogen-bond donors (Lipinski definition) is 1. The summed E-state index contributed by atoms with van der Waals surface area (Å²) in [6, 6.07) is 8.11. The van der Waals surface area contributed by atoms with E-state index in [1.807, 2.05) is 0 Å². The lowest BCUT2D eigenvalue weighted by Crippen LogP contribution is -2.45. The molecule has 2 aliphatic rings. The molecular formula is C16H16BF2N2O3-. The van der Waals surface area contributed by atoms with Gasteiger partial charge in [-0.3, -0.25) is 9.59 Å². The van der Waals surface area contributed by atoms with Crippen LogP contribution in [0.1, 0.15) is 37.0 Å². The number of allylic oxidation sites excluding steroid dienone is 1. The molecule has 0 radical (unpaired) electrons. The fraction of sp³-hybridized carbons (Fsp3) is 0.312. The molecule has 0 fully saturated rings. The van der Waals surface area contributed by atoms with Crippen LogP contribution >= 0.6 is 0 Å². The molecule has 0 aromatic heterocycles. The maximum Gasteiger partial charge on any atom is 0.639 e. The third kappa shape index (κ3) is 3.22. The molecule has 24 heavy (non-hydrogen) atoms. The number of hydrogen-bond acceptors (Lipinski definition) is 4. The van der Waals surface area contributed by atoms with E-state index >= 15 is 0 Å². The predicted octanol–water partition coefficient (Wildman–Crippen LogP) is 2.86. The Hall–Kier alpha value is -2.51. The van der Waals surface area contributed by atoms with Crippen LogP contribution in [0.4, 0.5) is 8.63 Å². The first-order valence-electron chi connectivity index (χ1n) is 7.59. The van der Waals surface area contributed by atoms with Crippen molar-refractivity contribution in [1.29, 1.82) is 0 Å². The zero-order chi connectivity index (χ0) is 17.5. The van der Waals surface area contributed by atoms with E-state index in [-0.39, 0.29) is 35.5 Å². The quantitative estimate of drug-likeness (QED) is 0.804. The Morgan fingerprint density at radius 2 is 1.92 bits per heavy atom. The van der Waals surface area contributed by atoms with E-state index in [0.717, 1.165) is 0 Å². The molecule has 0 saturated heterocycles. The summed E-state index contributed by atoms with van der Waals surface area (Å²) in [6.45, 7) is 3.61. The van der Waals surface area contributed by atoms with Crippen molar-refractivity contribution in [2.75, 3.05) is 0 Å². The average Bonchev–Trinajstić information content (AvgIpc) is 2.44. The Kier molecular flexibility index (Phi) is 3.78. The SMILES string of the molecule is CC1(C)CC(=O)C2=C(C1)O[B-](F)(F)N=C2NC(=O)c1ccccc1. The van der Waals surface area contributed by atoms with E-state index < -0.39 is 24.2 Å². The van der Waals surface area contributed by atoms with Crippen LogP contribution in [0.3, 0.4) is 0 Å². The second kappa shape index (κ2) is 5.54. The minimum absolute atomic E-state index is 0.0496. The fourth-order valence-electron chi connectivity index (χ4n) is 2.91. The molecule has 0 saturated carbocycles. The Bertz CT molecular complexity index is 773. The molecule has 1 N–H and O–H groups in total. The monoisotopic (exact) mass is 333 g/mol. The minimum atomic E-state index is -4.51. The van der Waals surface area contributed by atoms with Crippen molar-refractivity contribution in [3.05, 3.63) is 47.2 Å². The van der Waals surface area contributed by atoms with Crippen LogP contribution in [0.5, 0.6) is 0 Å². The fourth-order valence-corrected chi connectivity index (χ4v) is 2.91. The maximum absolute atomic E-state index is 13.8. The van der Waals surface area contributed by atoms with E-state index in [2.05, 4.69) is 14.9 Å². The number of rotatable bonds is 1. The van der Waals surface area contributed by atoms with Crippen molar-refractivity contribution in [3.63, 3.8) is 0 Å². The Morgan fingerprint density at radius 3 is 2.58 bits per heavy atom. The zero-order valence-electron chi connectivity index (χ0n) is 13.3. The topological polar surface area (TPSA) is 67.8 Å². The van der Waals surface area contributed by atoms with Gasteiger partial charge in [-0.25, -0.2) is 0 Å². The van der Waals surface area contributed by atoms with Gasteiger partial charge in [0.25, 0.3) is 5.91 Å². The van der Waals surface area contributed by atoms with E-state index in [1.54, 1.807) is 44.2 Å². The normalized spacial score (nSPS) is 21.5. The first-order chi connectivity index (χ1) is 11.2. The molecule has 1 heterocycles. The lowest BCUT2D eigenvalue weighted by molar-refractivity contribution is -0.118. The van der Waals surface area contributed by atoms with Crippen molar-refractivity contribution in [1.82, 2.24) is 5.32 Å². The molecule has 8 heteroatoms. The van der Waals surface area contributed by atoms with Crippen molar-refractivity contribution >= 4 is 24.6 Å². The molecule has 1 aliphatic carbocycles. The second-order valence-electron chi connectivity index (χ2n) is 6.72. The van der Waals surface area contributed by atoms with E-state index in [9.17, 15) is 18.2 Å². The number of halogens is 2. The number of amides is 1. The van der Waals surface area contributed by atoms with Crippen LogP contribution in [0.15, 0.2) is 46.6 Å². The molecule has 1 aliphatic heterocycles. The molecule has 126 valence electrons. The lowest BCUT2D eigenvalue weighted by atomic mass is 9.75. The highest BCUT2D eigenvalue weighted by Crippen LogP contribution is 2.41. The Labute approximate surface area is 137 Å². The number of Topliss-reactive ketones (excluding diaryl/α,β-unsaturated/α-hetero) is 1. The van der Waals surface area contributed by atoms with Crippen LogP contribution in [0.25, 0.3) is 0 Å². The number of benzene rings is 1. The highest BCUT2D eigenvalue weighted by Gasteiger charge is 2.43. The van der Waals surface area contributed by atoms with Gasteiger partial charge in [0.15, 0.2) is 5.78 Å². The summed E-state index contributed by atoms with van der Waals surface area (Å²) >= 11 is 0. The number of nitrogens with one attached hydrogen (secondary N) is 1. The van der Waals surface area contributed by atoms with E-state index in [4.69, 9.17) is 0 Å². The largest absolute Gasteiger partial charge is 0.646 e. The van der Waals surface area contributed by atoms with Crippen molar-refractivity contribution in [2.24, 2.45) is 10.3 Å². The summed E-state index contributed by atoms with van der Waals surface area (Å²) < 4.78 is 32.3. The minimum Gasteiger partial charge on any atom is -0.646 e. The first-order valence-corrected chi connectivity index (χ1v) is 7.59. The third-order valence-electron chi connectivity index (χ3n) is 3.90. The number of amidine groups is 1. The average molecular weight is 333 g/mol. The number of ketones is 1. The molecule has 1 aromatic carbocycles. The number of nitrogens with zero attached hydrogens (tertiary/aromatic N) is 1. The molecule has 0 unspecified atom stereocenters. The van der Waals surface area contributed by atoms with Crippen LogP contribution < -0.4 is 5.32 Å². The van der Waals surface area contributed by atoms with Gasteiger partial charge in [0.05, 0.1) is 11.3 Å². The Morgan fingerprint density at radius 1 is 1.25 bits per heavy atom. The molecule has 0 atom stereocenters. The number of carbonyl (C=O) groups excluding carboxylic acids is 2. The summed E-state index contributed by atoms with van der Waals surface area (Å²) in [4.78, 5) is 27.8. The second-order valence-corrected chi connectivity index (χ2v) is 6.72. The van der Waals surface area contributed by atoms with Crippen molar-refractivity contribution < 1.29 is 22.9 Å². The van der Waals surface area contributed by atoms with Crippen LogP contribution in [0.2, 0.25) is 0 Å². The van der Waals surface area contributed by atoms with Gasteiger partial charge < -0.3 is 23.5 Å². The maximum atomic E-state index is 13.8. The van der Waals surface area contributed by atoms with Crippen LogP contribution in [-0.4, -0.2) is 24.6 Å². The summed E-state index contributed by atoms with van der Waals surface area (Å²) in [5.41, 5.74) is -0.242. The molecule has 5 nitrogen and oxygen atoms in total. The molecule has 3 rings (SSSR count). The van der Waals surface area contributed by atoms with Crippen molar-refractivity contribution in [2.45, 2.75) is 26.7 Å². The lowest BCUT2D eigenvalue weighted by Gasteiger charge is -2.40. The van der Waals surface area contributed by atoms with Gasteiger partial charge in [-0.2, -0.15) is 0 Å².